The van der Waals surface area contributed by atoms with E-state index in [9.17, 15) is 9.18 Å². The van der Waals surface area contributed by atoms with Crippen LogP contribution in [0.25, 0.3) is 11.0 Å². The molecule has 2 unspecified atom stereocenters. The number of carbonyl (C=O) groups excluding carboxylic acids is 1. The number of imidazole rings is 1. The summed E-state index contributed by atoms with van der Waals surface area (Å²) in [6.07, 6.45) is 0.701. The van der Waals surface area contributed by atoms with Gasteiger partial charge in [0, 0.05) is 5.92 Å². The molecule has 1 aliphatic rings. The Morgan fingerprint density at radius 3 is 2.83 bits per heavy atom. The maximum atomic E-state index is 13.7. The van der Waals surface area contributed by atoms with Crippen molar-refractivity contribution in [2.45, 2.75) is 18.9 Å². The normalized spacial score (nSPS) is 19.7. The van der Waals surface area contributed by atoms with E-state index in [0.717, 1.165) is 16.9 Å². The van der Waals surface area contributed by atoms with Crippen LogP contribution >= 0.6 is 0 Å². The number of nitrogens with zero attached hydrogens (tertiary/aromatic N) is 1. The average molecular weight is 309 g/mol. The molecule has 2 atom stereocenters. The van der Waals surface area contributed by atoms with Crippen LogP contribution in [0.3, 0.4) is 0 Å². The second kappa shape index (κ2) is 5.50. The Hall–Kier alpha value is -2.69. The molecule has 0 spiro atoms. The second-order valence-corrected chi connectivity index (χ2v) is 5.89. The lowest BCUT2D eigenvalue weighted by molar-refractivity contribution is -0.122. The van der Waals surface area contributed by atoms with Gasteiger partial charge in [0.05, 0.1) is 17.6 Å². The fourth-order valence-electron chi connectivity index (χ4n) is 3.00. The molecule has 1 aromatic heterocycles. The summed E-state index contributed by atoms with van der Waals surface area (Å²) < 4.78 is 13.7. The number of rotatable bonds is 4. The Balaban J connectivity index is 1.39. The van der Waals surface area contributed by atoms with Crippen LogP contribution in [-0.2, 0) is 11.3 Å². The lowest BCUT2D eigenvalue weighted by Crippen LogP contribution is -2.25. The molecule has 0 radical (unpaired) electrons. The Kier molecular flexibility index (Phi) is 3.33. The first-order valence-corrected chi connectivity index (χ1v) is 7.68. The number of hydrogen-bond acceptors (Lipinski definition) is 2. The topological polar surface area (TPSA) is 57.8 Å². The van der Waals surface area contributed by atoms with Crippen LogP contribution in [0, 0.1) is 11.7 Å². The number of benzene rings is 2. The van der Waals surface area contributed by atoms with Crippen LogP contribution in [0.15, 0.2) is 48.5 Å². The highest BCUT2D eigenvalue weighted by Gasteiger charge is 2.44. The minimum absolute atomic E-state index is 0.00752. The molecule has 4 nitrogen and oxygen atoms in total. The van der Waals surface area contributed by atoms with Crippen molar-refractivity contribution in [3.05, 3.63) is 65.7 Å². The van der Waals surface area contributed by atoms with E-state index in [1.54, 1.807) is 18.2 Å². The highest BCUT2D eigenvalue weighted by Crippen LogP contribution is 2.48. The van der Waals surface area contributed by atoms with Gasteiger partial charge >= 0.3 is 0 Å². The van der Waals surface area contributed by atoms with Gasteiger partial charge in [-0.2, -0.15) is 0 Å². The van der Waals surface area contributed by atoms with E-state index in [1.807, 2.05) is 24.3 Å². The van der Waals surface area contributed by atoms with Crippen molar-refractivity contribution in [3.63, 3.8) is 0 Å². The molecule has 2 N–H and O–H groups in total. The standard InChI is InChI=1S/C18H16FN3O/c19-14-6-2-1-5-11(14)12-9-13(12)18(23)20-10-17-21-15-7-3-4-8-16(15)22-17/h1-8,12-13H,9-10H2,(H,20,23)(H,21,22). The molecule has 5 heteroatoms. The molecule has 1 amide bonds. The van der Waals surface area contributed by atoms with Crippen LogP contribution in [-0.4, -0.2) is 15.9 Å². The van der Waals surface area contributed by atoms with Crippen molar-refractivity contribution in [2.24, 2.45) is 5.92 Å². The van der Waals surface area contributed by atoms with Crippen LogP contribution < -0.4 is 5.32 Å². The van der Waals surface area contributed by atoms with Crippen LogP contribution in [0.5, 0.6) is 0 Å². The van der Waals surface area contributed by atoms with Crippen LogP contribution in [0.1, 0.15) is 23.7 Å². The van der Waals surface area contributed by atoms with E-state index < -0.39 is 0 Å². The van der Waals surface area contributed by atoms with Gasteiger partial charge in [0.25, 0.3) is 0 Å². The highest BCUT2D eigenvalue weighted by atomic mass is 19.1. The molecule has 23 heavy (non-hydrogen) atoms. The van der Waals surface area contributed by atoms with Gasteiger partial charge in [-0.1, -0.05) is 30.3 Å². The first-order chi connectivity index (χ1) is 11.2. The van der Waals surface area contributed by atoms with E-state index in [0.29, 0.717) is 18.5 Å². The third-order valence-corrected chi connectivity index (χ3v) is 4.30. The SMILES string of the molecule is O=C(NCc1nc2ccccc2[nH]1)C1CC1c1ccccc1F. The molecule has 116 valence electrons. The Morgan fingerprint density at radius 2 is 2.00 bits per heavy atom. The molecule has 2 aromatic carbocycles. The van der Waals surface area contributed by atoms with Gasteiger partial charge in [0.1, 0.15) is 11.6 Å². The lowest BCUT2D eigenvalue weighted by atomic mass is 10.1. The summed E-state index contributed by atoms with van der Waals surface area (Å²) in [6, 6.07) is 14.4. The summed E-state index contributed by atoms with van der Waals surface area (Å²) in [4.78, 5) is 19.8. The quantitative estimate of drug-likeness (QED) is 0.778. The van der Waals surface area contributed by atoms with E-state index in [2.05, 4.69) is 15.3 Å². The van der Waals surface area contributed by atoms with Crippen LogP contribution in [0.2, 0.25) is 0 Å². The van der Waals surface area contributed by atoms with Gasteiger partial charge in [0.15, 0.2) is 0 Å². The first-order valence-electron chi connectivity index (χ1n) is 7.68. The van der Waals surface area contributed by atoms with Crippen molar-refractivity contribution < 1.29 is 9.18 Å². The molecule has 0 aliphatic heterocycles. The van der Waals surface area contributed by atoms with Crippen molar-refractivity contribution in [3.8, 4) is 0 Å². The van der Waals surface area contributed by atoms with Crippen LogP contribution in [0.4, 0.5) is 4.39 Å². The number of amides is 1. The van der Waals surface area contributed by atoms with Gasteiger partial charge in [-0.15, -0.1) is 0 Å². The monoisotopic (exact) mass is 309 g/mol. The number of aromatic amines is 1. The molecule has 0 bridgehead atoms. The van der Waals surface area contributed by atoms with E-state index in [1.165, 1.54) is 6.07 Å². The molecular formula is C18H16FN3O. The van der Waals surface area contributed by atoms with Crippen molar-refractivity contribution in [2.75, 3.05) is 0 Å². The number of carbonyl (C=O) groups is 1. The zero-order chi connectivity index (χ0) is 15.8. The second-order valence-electron chi connectivity index (χ2n) is 5.89. The third-order valence-electron chi connectivity index (χ3n) is 4.30. The molecule has 4 rings (SSSR count). The number of nitrogens with one attached hydrogen (secondary N) is 2. The Morgan fingerprint density at radius 1 is 1.22 bits per heavy atom. The predicted octanol–water partition coefficient (Wildman–Crippen LogP) is 3.12. The third kappa shape index (κ3) is 2.70. The van der Waals surface area contributed by atoms with Gasteiger partial charge in [-0.25, -0.2) is 9.37 Å². The van der Waals surface area contributed by atoms with Gasteiger partial charge < -0.3 is 10.3 Å². The smallest absolute Gasteiger partial charge is 0.224 e. The Bertz CT molecular complexity index is 840. The first kappa shape index (κ1) is 13.9. The summed E-state index contributed by atoms with van der Waals surface area (Å²) in [5.41, 5.74) is 2.47. The number of halogens is 1. The largest absolute Gasteiger partial charge is 0.349 e. The molecule has 1 aliphatic carbocycles. The number of hydrogen-bond donors (Lipinski definition) is 2. The molecule has 1 saturated carbocycles. The lowest BCUT2D eigenvalue weighted by Gasteiger charge is -2.04. The van der Waals surface area contributed by atoms with Crippen molar-refractivity contribution >= 4 is 16.9 Å². The summed E-state index contributed by atoms with van der Waals surface area (Å²) >= 11 is 0. The van der Waals surface area contributed by atoms with Gasteiger partial charge in [-0.3, -0.25) is 4.79 Å². The van der Waals surface area contributed by atoms with E-state index in [-0.39, 0.29) is 23.6 Å². The molecule has 1 heterocycles. The zero-order valence-electron chi connectivity index (χ0n) is 12.4. The van der Waals surface area contributed by atoms with Crippen molar-refractivity contribution in [1.29, 1.82) is 0 Å². The molecular weight excluding hydrogens is 293 g/mol. The maximum absolute atomic E-state index is 13.7. The number of aromatic nitrogens is 2. The van der Waals surface area contributed by atoms with Gasteiger partial charge in [-0.05, 0) is 36.1 Å². The van der Waals surface area contributed by atoms with E-state index in [4.69, 9.17) is 0 Å². The highest BCUT2D eigenvalue weighted by molar-refractivity contribution is 5.83. The number of fused-ring (bicyclic) bond motifs is 1. The predicted molar refractivity (Wildman–Crippen MR) is 85.2 cm³/mol. The maximum Gasteiger partial charge on any atom is 0.224 e. The summed E-state index contributed by atoms with van der Waals surface area (Å²) in [6.45, 7) is 0.355. The van der Waals surface area contributed by atoms with E-state index >= 15 is 0 Å². The number of para-hydroxylation sites is 2. The van der Waals surface area contributed by atoms with Crippen molar-refractivity contribution in [1.82, 2.24) is 15.3 Å². The summed E-state index contributed by atoms with van der Waals surface area (Å²) in [7, 11) is 0. The Labute approximate surface area is 132 Å². The molecule has 3 aromatic rings. The molecule has 0 saturated heterocycles. The fraction of sp³-hybridized carbons (Fsp3) is 0.222. The number of H-pyrrole nitrogens is 1. The zero-order valence-corrected chi connectivity index (χ0v) is 12.4. The van der Waals surface area contributed by atoms with Gasteiger partial charge in [0.2, 0.25) is 5.91 Å². The summed E-state index contributed by atoms with van der Waals surface area (Å²) in [5, 5.41) is 2.89. The molecule has 1 fully saturated rings. The average Bonchev–Trinajstić information content (AvgIpc) is 3.24. The minimum atomic E-state index is -0.231. The minimum Gasteiger partial charge on any atom is -0.349 e. The summed E-state index contributed by atoms with van der Waals surface area (Å²) in [5.74, 6) is 0.301. The fourth-order valence-corrected chi connectivity index (χ4v) is 3.00.